The Morgan fingerprint density at radius 3 is 2.30 bits per heavy atom. The molecule has 0 radical (unpaired) electrons. The fourth-order valence-corrected chi connectivity index (χ4v) is 2.54. The van der Waals surface area contributed by atoms with Gasteiger partial charge in [-0.2, -0.15) is 0 Å². The van der Waals surface area contributed by atoms with Gasteiger partial charge in [0.2, 0.25) is 0 Å². The molecule has 4 nitrogen and oxygen atoms in total. The molecule has 3 rings (SSSR count). The molecular formula is C17H15Cl2N3O. The summed E-state index contributed by atoms with van der Waals surface area (Å²) in [4.78, 5) is 0. The molecule has 0 spiro atoms. The third-order valence-corrected chi connectivity index (χ3v) is 3.75. The molecule has 3 aromatic rings. The van der Waals surface area contributed by atoms with Gasteiger partial charge in [-0.25, -0.2) is 0 Å². The Morgan fingerprint density at radius 2 is 1.61 bits per heavy atom. The lowest BCUT2D eigenvalue weighted by atomic mass is 10.3. The van der Waals surface area contributed by atoms with Crippen molar-refractivity contribution < 1.29 is 4.74 Å². The SMILES string of the molecule is ClCCc1nnc(COc2ccc(Cl)cc2)n1-c1ccccc1. The molecule has 1 aromatic heterocycles. The number of ether oxygens (including phenoxy) is 1. The van der Waals surface area contributed by atoms with E-state index in [1.54, 1.807) is 12.1 Å². The van der Waals surface area contributed by atoms with Crippen LogP contribution >= 0.6 is 23.2 Å². The average molecular weight is 348 g/mol. The molecule has 0 bridgehead atoms. The summed E-state index contributed by atoms with van der Waals surface area (Å²) in [5, 5.41) is 9.16. The van der Waals surface area contributed by atoms with Crippen LogP contribution in [0.15, 0.2) is 54.6 Å². The summed E-state index contributed by atoms with van der Waals surface area (Å²) in [6.45, 7) is 0.311. The molecule has 0 amide bonds. The molecule has 0 atom stereocenters. The van der Waals surface area contributed by atoms with Gasteiger partial charge < -0.3 is 4.74 Å². The van der Waals surface area contributed by atoms with E-state index in [0.29, 0.717) is 23.9 Å². The zero-order chi connectivity index (χ0) is 16.1. The van der Waals surface area contributed by atoms with E-state index in [4.69, 9.17) is 27.9 Å². The standard InChI is InChI=1S/C17H15Cl2N3O/c18-11-10-16-20-21-17(22(16)14-4-2-1-3-5-14)12-23-15-8-6-13(19)7-9-15/h1-9H,10-12H2. The van der Waals surface area contributed by atoms with Gasteiger partial charge in [-0.1, -0.05) is 29.8 Å². The number of nitrogens with zero attached hydrogens (tertiary/aromatic N) is 3. The highest BCUT2D eigenvalue weighted by Gasteiger charge is 2.14. The zero-order valence-electron chi connectivity index (χ0n) is 12.3. The maximum atomic E-state index is 5.88. The van der Waals surface area contributed by atoms with Crippen LogP contribution < -0.4 is 4.74 Å². The van der Waals surface area contributed by atoms with Crippen molar-refractivity contribution in [2.45, 2.75) is 13.0 Å². The molecule has 0 N–H and O–H groups in total. The van der Waals surface area contributed by atoms with Gasteiger partial charge in [-0.3, -0.25) is 4.57 Å². The van der Waals surface area contributed by atoms with Crippen LogP contribution in [0.1, 0.15) is 11.6 Å². The van der Waals surface area contributed by atoms with Gasteiger partial charge in [0, 0.05) is 23.0 Å². The van der Waals surface area contributed by atoms with Crippen LogP contribution in [0.3, 0.4) is 0 Å². The fourth-order valence-electron chi connectivity index (χ4n) is 2.25. The maximum absolute atomic E-state index is 5.88. The van der Waals surface area contributed by atoms with Crippen molar-refractivity contribution in [2.75, 3.05) is 5.88 Å². The lowest BCUT2D eigenvalue weighted by Gasteiger charge is -2.11. The molecule has 1 heterocycles. The number of alkyl halides is 1. The Morgan fingerprint density at radius 1 is 0.913 bits per heavy atom. The third-order valence-electron chi connectivity index (χ3n) is 3.31. The van der Waals surface area contributed by atoms with Crippen LogP contribution in [-0.2, 0) is 13.0 Å². The van der Waals surface area contributed by atoms with Crippen LogP contribution in [0.25, 0.3) is 5.69 Å². The molecule has 0 fully saturated rings. The molecule has 0 aliphatic carbocycles. The first-order valence-electron chi connectivity index (χ1n) is 7.21. The van der Waals surface area contributed by atoms with Gasteiger partial charge in [-0.05, 0) is 36.4 Å². The van der Waals surface area contributed by atoms with E-state index in [1.165, 1.54) is 0 Å². The monoisotopic (exact) mass is 347 g/mol. The Bertz CT molecular complexity index is 757. The Labute approximate surface area is 144 Å². The number of halogens is 2. The Hall–Kier alpha value is -2.04. The lowest BCUT2D eigenvalue weighted by Crippen LogP contribution is -2.08. The highest BCUT2D eigenvalue weighted by atomic mass is 35.5. The molecule has 0 unspecified atom stereocenters. The minimum atomic E-state index is 0.311. The summed E-state index contributed by atoms with van der Waals surface area (Å²) < 4.78 is 7.77. The Balaban J connectivity index is 1.85. The molecule has 6 heteroatoms. The first-order valence-corrected chi connectivity index (χ1v) is 8.12. The van der Waals surface area contributed by atoms with Crippen LogP contribution in [-0.4, -0.2) is 20.6 Å². The largest absolute Gasteiger partial charge is 0.486 e. The first-order chi connectivity index (χ1) is 11.3. The predicted octanol–water partition coefficient (Wildman–Crippen LogP) is 4.28. The van der Waals surface area contributed by atoms with Crippen molar-refractivity contribution >= 4 is 23.2 Å². The van der Waals surface area contributed by atoms with Gasteiger partial charge in [0.05, 0.1) is 0 Å². The highest BCUT2D eigenvalue weighted by molar-refractivity contribution is 6.30. The molecule has 0 saturated carbocycles. The highest BCUT2D eigenvalue weighted by Crippen LogP contribution is 2.19. The van der Waals surface area contributed by atoms with Crippen LogP contribution in [0.4, 0.5) is 0 Å². The third kappa shape index (κ3) is 3.84. The number of hydrogen-bond donors (Lipinski definition) is 0. The van der Waals surface area contributed by atoms with E-state index in [0.717, 1.165) is 23.1 Å². The van der Waals surface area contributed by atoms with Gasteiger partial charge in [-0.15, -0.1) is 21.8 Å². The van der Waals surface area contributed by atoms with Crippen molar-refractivity contribution in [2.24, 2.45) is 0 Å². The topological polar surface area (TPSA) is 39.9 Å². The zero-order valence-corrected chi connectivity index (χ0v) is 13.8. The van der Waals surface area contributed by atoms with Gasteiger partial charge in [0.1, 0.15) is 18.2 Å². The van der Waals surface area contributed by atoms with Crippen molar-refractivity contribution in [1.82, 2.24) is 14.8 Å². The van der Waals surface area contributed by atoms with E-state index in [9.17, 15) is 0 Å². The average Bonchev–Trinajstić information content (AvgIpc) is 2.98. The van der Waals surface area contributed by atoms with E-state index < -0.39 is 0 Å². The van der Waals surface area contributed by atoms with Crippen molar-refractivity contribution in [3.63, 3.8) is 0 Å². The Kier molecular flexibility index (Phi) is 5.16. The second-order valence-corrected chi connectivity index (χ2v) is 5.70. The number of benzene rings is 2. The van der Waals surface area contributed by atoms with E-state index in [1.807, 2.05) is 47.0 Å². The molecule has 23 heavy (non-hydrogen) atoms. The second-order valence-electron chi connectivity index (χ2n) is 4.88. The van der Waals surface area contributed by atoms with Crippen LogP contribution in [0.5, 0.6) is 5.75 Å². The summed E-state index contributed by atoms with van der Waals surface area (Å²) in [6.07, 6.45) is 0.643. The number of rotatable bonds is 6. The summed E-state index contributed by atoms with van der Waals surface area (Å²) in [7, 11) is 0. The van der Waals surface area contributed by atoms with Gasteiger partial charge in [0.25, 0.3) is 0 Å². The predicted molar refractivity (Wildman–Crippen MR) is 91.6 cm³/mol. The minimum absolute atomic E-state index is 0.311. The molecular weight excluding hydrogens is 333 g/mol. The molecule has 118 valence electrons. The maximum Gasteiger partial charge on any atom is 0.175 e. The molecule has 0 aliphatic heterocycles. The normalized spacial score (nSPS) is 10.7. The quantitative estimate of drug-likeness (QED) is 0.624. The van der Waals surface area contributed by atoms with Crippen LogP contribution in [0.2, 0.25) is 5.02 Å². The molecule has 2 aromatic carbocycles. The van der Waals surface area contributed by atoms with Gasteiger partial charge >= 0.3 is 0 Å². The first kappa shape index (κ1) is 15.8. The minimum Gasteiger partial charge on any atom is -0.486 e. The van der Waals surface area contributed by atoms with Gasteiger partial charge in [0.15, 0.2) is 5.82 Å². The lowest BCUT2D eigenvalue weighted by molar-refractivity contribution is 0.293. The molecule has 0 aliphatic rings. The van der Waals surface area contributed by atoms with Crippen LogP contribution in [0, 0.1) is 0 Å². The number of aromatic nitrogens is 3. The number of para-hydroxylation sites is 1. The van der Waals surface area contributed by atoms with Crippen molar-refractivity contribution in [3.05, 3.63) is 71.3 Å². The second kappa shape index (κ2) is 7.49. The fraction of sp³-hybridized carbons (Fsp3) is 0.176. The van der Waals surface area contributed by atoms with E-state index in [2.05, 4.69) is 10.2 Å². The smallest absolute Gasteiger partial charge is 0.175 e. The summed E-state index contributed by atoms with van der Waals surface area (Å²) in [5.74, 6) is 2.77. The van der Waals surface area contributed by atoms with Crippen molar-refractivity contribution in [1.29, 1.82) is 0 Å². The number of aryl methyl sites for hydroxylation is 1. The van der Waals surface area contributed by atoms with E-state index >= 15 is 0 Å². The summed E-state index contributed by atoms with van der Waals surface area (Å²) in [6, 6.07) is 17.2. The molecule has 0 saturated heterocycles. The number of hydrogen-bond acceptors (Lipinski definition) is 3. The summed E-state index contributed by atoms with van der Waals surface area (Å²) >= 11 is 11.7. The van der Waals surface area contributed by atoms with Crippen molar-refractivity contribution in [3.8, 4) is 11.4 Å². The summed E-state index contributed by atoms with van der Waals surface area (Å²) in [5.41, 5.74) is 0.993. The van der Waals surface area contributed by atoms with E-state index in [-0.39, 0.29) is 0 Å².